The minimum atomic E-state index is -0.354. The molecule has 46 heavy (non-hydrogen) atoms. The molecular formula is C38H55N3O4S. The molecule has 0 fully saturated rings. The van der Waals surface area contributed by atoms with Crippen LogP contribution in [0.1, 0.15) is 133 Å². The van der Waals surface area contributed by atoms with Gasteiger partial charge in [-0.15, -0.1) is 10.2 Å². The molecule has 8 heteroatoms. The fraction of sp³-hybridized carbons (Fsp3) is 0.579. The summed E-state index contributed by atoms with van der Waals surface area (Å²) < 4.78 is 17.2. The van der Waals surface area contributed by atoms with Gasteiger partial charge < -0.3 is 14.2 Å². The zero-order valence-electron chi connectivity index (χ0n) is 28.4. The first kappa shape index (κ1) is 37.4. The highest BCUT2D eigenvalue weighted by atomic mass is 32.1. The largest absolute Gasteiger partial charge is 0.494 e. The molecule has 2 aromatic carbocycles. The van der Waals surface area contributed by atoms with E-state index in [1.54, 1.807) is 18.3 Å². The SMILES string of the molecule is CCCCCCCCCCOc1ccc(-c2nnc(/N=C/c3ccc(C(=O)OC[C@H](C)OCCCCCCCCC)cc3)s2)cc1. The van der Waals surface area contributed by atoms with Crippen molar-refractivity contribution in [2.45, 2.75) is 123 Å². The molecule has 0 saturated heterocycles. The van der Waals surface area contributed by atoms with Crippen molar-refractivity contribution in [3.8, 4) is 16.3 Å². The Balaban J connectivity index is 1.33. The maximum Gasteiger partial charge on any atom is 0.338 e. The van der Waals surface area contributed by atoms with Gasteiger partial charge in [0.05, 0.1) is 18.3 Å². The Morgan fingerprint density at radius 2 is 1.35 bits per heavy atom. The summed E-state index contributed by atoms with van der Waals surface area (Å²) in [5, 5.41) is 9.90. The summed E-state index contributed by atoms with van der Waals surface area (Å²) in [7, 11) is 0. The van der Waals surface area contributed by atoms with Gasteiger partial charge in [0.25, 0.3) is 0 Å². The smallest absolute Gasteiger partial charge is 0.338 e. The predicted molar refractivity (Wildman–Crippen MR) is 191 cm³/mol. The Bertz CT molecular complexity index is 1240. The Hall–Kier alpha value is -3.10. The number of nitrogens with zero attached hydrogens (tertiary/aromatic N) is 3. The van der Waals surface area contributed by atoms with Gasteiger partial charge in [-0.3, -0.25) is 0 Å². The van der Waals surface area contributed by atoms with Crippen molar-refractivity contribution in [3.63, 3.8) is 0 Å². The molecule has 3 rings (SSSR count). The highest BCUT2D eigenvalue weighted by Gasteiger charge is 2.11. The molecule has 0 aliphatic heterocycles. The number of aliphatic imine (C=N–C) groups is 1. The van der Waals surface area contributed by atoms with Gasteiger partial charge in [0.2, 0.25) is 5.13 Å². The molecule has 1 heterocycles. The summed E-state index contributed by atoms with van der Waals surface area (Å²) in [6.07, 6.45) is 20.7. The Morgan fingerprint density at radius 3 is 1.98 bits per heavy atom. The third-order valence-electron chi connectivity index (χ3n) is 7.85. The molecule has 0 radical (unpaired) electrons. The molecule has 0 saturated carbocycles. The number of carbonyl (C=O) groups is 1. The number of hydrogen-bond donors (Lipinski definition) is 0. The van der Waals surface area contributed by atoms with E-state index >= 15 is 0 Å². The third-order valence-corrected chi connectivity index (χ3v) is 8.73. The summed E-state index contributed by atoms with van der Waals surface area (Å²) in [5.74, 6) is 0.525. The van der Waals surface area contributed by atoms with Crippen molar-refractivity contribution in [1.29, 1.82) is 0 Å². The molecule has 7 nitrogen and oxygen atoms in total. The molecule has 0 aliphatic rings. The lowest BCUT2D eigenvalue weighted by Gasteiger charge is -2.13. The van der Waals surface area contributed by atoms with E-state index in [0.717, 1.165) is 41.3 Å². The zero-order chi connectivity index (χ0) is 32.7. The van der Waals surface area contributed by atoms with Crippen molar-refractivity contribution in [3.05, 3.63) is 59.7 Å². The topological polar surface area (TPSA) is 82.9 Å². The first-order valence-electron chi connectivity index (χ1n) is 17.6. The Kier molecular flexibility index (Phi) is 18.9. The molecule has 0 aliphatic carbocycles. The second-order valence-electron chi connectivity index (χ2n) is 12.0. The van der Waals surface area contributed by atoms with Crippen LogP contribution >= 0.6 is 11.3 Å². The number of aromatic nitrogens is 2. The molecular weight excluding hydrogens is 595 g/mol. The van der Waals surface area contributed by atoms with Gasteiger partial charge in [0.15, 0.2) is 0 Å². The van der Waals surface area contributed by atoms with Gasteiger partial charge in [0, 0.05) is 18.4 Å². The zero-order valence-corrected chi connectivity index (χ0v) is 29.2. The summed E-state index contributed by atoms with van der Waals surface area (Å²) in [6.45, 7) is 8.13. The lowest BCUT2D eigenvalue weighted by atomic mass is 10.1. The van der Waals surface area contributed by atoms with Gasteiger partial charge in [-0.1, -0.05) is 121 Å². The van der Waals surface area contributed by atoms with Crippen LogP contribution in [-0.2, 0) is 9.47 Å². The van der Waals surface area contributed by atoms with Crippen LogP contribution in [0, 0.1) is 0 Å². The lowest BCUT2D eigenvalue weighted by Crippen LogP contribution is -2.19. The van der Waals surface area contributed by atoms with Crippen LogP contribution < -0.4 is 4.74 Å². The van der Waals surface area contributed by atoms with Gasteiger partial charge >= 0.3 is 5.97 Å². The van der Waals surface area contributed by atoms with E-state index < -0.39 is 0 Å². The highest BCUT2D eigenvalue weighted by molar-refractivity contribution is 7.18. The van der Waals surface area contributed by atoms with Crippen molar-refractivity contribution in [2.75, 3.05) is 19.8 Å². The van der Waals surface area contributed by atoms with Crippen LogP contribution in [0.25, 0.3) is 10.6 Å². The number of ether oxygens (including phenoxy) is 3. The van der Waals surface area contributed by atoms with Crippen LogP contribution in [0.15, 0.2) is 53.5 Å². The number of rotatable bonds is 25. The van der Waals surface area contributed by atoms with E-state index in [0.29, 0.717) is 17.3 Å². The molecule has 0 N–H and O–H groups in total. The minimum Gasteiger partial charge on any atom is -0.494 e. The van der Waals surface area contributed by atoms with Gasteiger partial charge in [0.1, 0.15) is 17.4 Å². The minimum absolute atomic E-state index is 0.122. The van der Waals surface area contributed by atoms with Crippen molar-refractivity contribution >= 4 is 28.7 Å². The third kappa shape index (κ3) is 15.5. The molecule has 0 unspecified atom stereocenters. The summed E-state index contributed by atoms with van der Waals surface area (Å²) in [6, 6.07) is 15.2. The van der Waals surface area contributed by atoms with E-state index in [4.69, 9.17) is 14.2 Å². The van der Waals surface area contributed by atoms with Crippen molar-refractivity contribution in [2.24, 2.45) is 4.99 Å². The molecule has 3 aromatic rings. The van der Waals surface area contributed by atoms with Crippen LogP contribution in [0.5, 0.6) is 5.75 Å². The maximum atomic E-state index is 12.5. The first-order valence-corrected chi connectivity index (χ1v) is 18.4. The molecule has 1 aromatic heterocycles. The van der Waals surface area contributed by atoms with Crippen LogP contribution in [0.4, 0.5) is 5.13 Å². The van der Waals surface area contributed by atoms with E-state index in [2.05, 4.69) is 29.0 Å². The van der Waals surface area contributed by atoms with E-state index in [9.17, 15) is 4.79 Å². The Labute approximate surface area is 281 Å². The maximum absolute atomic E-state index is 12.5. The fourth-order valence-corrected chi connectivity index (χ4v) is 5.70. The molecule has 0 bridgehead atoms. The molecule has 0 amide bonds. The summed E-state index contributed by atoms with van der Waals surface area (Å²) in [4.78, 5) is 17.0. The number of hydrogen-bond acceptors (Lipinski definition) is 8. The van der Waals surface area contributed by atoms with E-state index in [1.165, 1.54) is 94.8 Å². The predicted octanol–water partition coefficient (Wildman–Crippen LogP) is 10.8. The van der Waals surface area contributed by atoms with Crippen molar-refractivity contribution in [1.82, 2.24) is 10.2 Å². The fourth-order valence-electron chi connectivity index (χ4n) is 5.01. The number of esters is 1. The standard InChI is InChI=1S/C38H55N3O4S/c1-4-6-8-10-12-14-16-18-28-44-35-25-23-33(24-26-35)36-40-41-38(46-36)39-29-32-19-21-34(22-20-32)37(42)45-30-31(3)43-27-17-15-13-11-9-7-5-2/h19-26,29,31H,4-18,27-28,30H2,1-3H3/b39-29+/t31-/m0/s1. The molecule has 1 atom stereocenters. The van der Waals surface area contributed by atoms with Gasteiger partial charge in [-0.2, -0.15) is 0 Å². The van der Waals surface area contributed by atoms with Crippen molar-refractivity contribution < 1.29 is 19.0 Å². The van der Waals surface area contributed by atoms with Crippen LogP contribution in [0.3, 0.4) is 0 Å². The number of carbonyl (C=O) groups excluding carboxylic acids is 1. The monoisotopic (exact) mass is 649 g/mol. The highest BCUT2D eigenvalue weighted by Crippen LogP contribution is 2.29. The van der Waals surface area contributed by atoms with E-state index in [1.807, 2.05) is 43.3 Å². The quantitative estimate of drug-likeness (QED) is 0.0516. The second-order valence-corrected chi connectivity index (χ2v) is 13.0. The second kappa shape index (κ2) is 23.3. The molecule has 252 valence electrons. The average Bonchev–Trinajstić information content (AvgIpc) is 3.56. The van der Waals surface area contributed by atoms with Gasteiger partial charge in [-0.05, 0) is 61.7 Å². The van der Waals surface area contributed by atoms with Gasteiger partial charge in [-0.25, -0.2) is 9.79 Å². The summed E-state index contributed by atoms with van der Waals surface area (Å²) in [5.41, 5.74) is 2.34. The summed E-state index contributed by atoms with van der Waals surface area (Å²) >= 11 is 1.43. The lowest BCUT2D eigenvalue weighted by molar-refractivity contribution is -0.00141. The number of benzene rings is 2. The number of unbranched alkanes of at least 4 members (excludes halogenated alkanes) is 13. The van der Waals surface area contributed by atoms with Crippen LogP contribution in [-0.4, -0.2) is 48.3 Å². The normalized spacial score (nSPS) is 12.1. The Morgan fingerprint density at radius 1 is 0.761 bits per heavy atom. The average molecular weight is 650 g/mol. The first-order chi connectivity index (χ1) is 22.6. The molecule has 0 spiro atoms. The van der Waals surface area contributed by atoms with Crippen LogP contribution in [0.2, 0.25) is 0 Å². The van der Waals surface area contributed by atoms with E-state index in [-0.39, 0.29) is 18.7 Å².